The van der Waals surface area contributed by atoms with E-state index in [1.54, 1.807) is 0 Å². The maximum absolute atomic E-state index is 5.95. The first-order valence-electron chi connectivity index (χ1n) is 4.78. The zero-order valence-corrected chi connectivity index (χ0v) is 8.25. The molecule has 2 heteroatoms. The number of nitrogen functional groups attached to an aromatic ring is 1. The van der Waals surface area contributed by atoms with Gasteiger partial charge in [0.1, 0.15) is 0 Å². The molecule has 0 aliphatic heterocycles. The first-order valence-corrected chi connectivity index (χ1v) is 4.78. The summed E-state index contributed by atoms with van der Waals surface area (Å²) in [7, 11) is 2.14. The quantitative estimate of drug-likeness (QED) is 0.700. The minimum atomic E-state index is 0.725. The number of aryl methyl sites for hydroxylation is 1. The summed E-state index contributed by atoms with van der Waals surface area (Å²) >= 11 is 0. The van der Waals surface area contributed by atoms with E-state index in [9.17, 15) is 0 Å². The lowest BCUT2D eigenvalue weighted by Crippen LogP contribution is -2.21. The zero-order valence-electron chi connectivity index (χ0n) is 8.25. The Morgan fingerprint density at radius 3 is 2.62 bits per heavy atom. The number of rotatable bonds is 2. The largest absolute Gasteiger partial charge is 0.397 e. The number of nitrogens with two attached hydrogens (primary N) is 1. The molecule has 70 valence electrons. The van der Waals surface area contributed by atoms with Crippen LogP contribution >= 0.6 is 0 Å². The van der Waals surface area contributed by atoms with Crippen molar-refractivity contribution >= 4 is 11.4 Å². The first-order chi connectivity index (χ1) is 6.20. The Bertz CT molecular complexity index is 296. The Labute approximate surface area is 79.4 Å². The average molecular weight is 176 g/mol. The van der Waals surface area contributed by atoms with E-state index in [0.717, 1.165) is 11.7 Å². The zero-order chi connectivity index (χ0) is 9.42. The third kappa shape index (κ3) is 1.48. The van der Waals surface area contributed by atoms with E-state index < -0.39 is 0 Å². The summed E-state index contributed by atoms with van der Waals surface area (Å²) < 4.78 is 0. The van der Waals surface area contributed by atoms with E-state index in [-0.39, 0.29) is 0 Å². The highest BCUT2D eigenvalue weighted by molar-refractivity contribution is 5.71. The summed E-state index contributed by atoms with van der Waals surface area (Å²) in [5, 5.41) is 0. The van der Waals surface area contributed by atoms with Crippen LogP contribution in [0.15, 0.2) is 18.2 Å². The smallest absolute Gasteiger partial charge is 0.0629 e. The van der Waals surface area contributed by atoms with Crippen LogP contribution in [-0.2, 0) is 0 Å². The SMILES string of the molecule is Cc1cccc(N)c1N(C)C1CC1. The van der Waals surface area contributed by atoms with Crippen molar-refractivity contribution in [2.24, 2.45) is 0 Å². The summed E-state index contributed by atoms with van der Waals surface area (Å²) in [4.78, 5) is 2.31. The van der Waals surface area contributed by atoms with Crippen LogP contribution in [0.4, 0.5) is 11.4 Å². The van der Waals surface area contributed by atoms with Gasteiger partial charge >= 0.3 is 0 Å². The molecule has 1 aromatic rings. The van der Waals surface area contributed by atoms with Crippen molar-refractivity contribution in [3.63, 3.8) is 0 Å². The molecule has 2 N–H and O–H groups in total. The van der Waals surface area contributed by atoms with Gasteiger partial charge in [0.25, 0.3) is 0 Å². The Morgan fingerprint density at radius 2 is 2.08 bits per heavy atom. The van der Waals surface area contributed by atoms with Crippen LogP contribution in [0, 0.1) is 6.92 Å². The standard InChI is InChI=1S/C11H16N2/c1-8-4-3-5-10(12)11(8)13(2)9-6-7-9/h3-5,9H,6-7,12H2,1-2H3. The lowest BCUT2D eigenvalue weighted by molar-refractivity contribution is 0.913. The van der Waals surface area contributed by atoms with Gasteiger partial charge < -0.3 is 10.6 Å². The number of para-hydroxylation sites is 1. The van der Waals surface area contributed by atoms with Crippen LogP contribution < -0.4 is 10.6 Å². The molecule has 0 amide bonds. The van der Waals surface area contributed by atoms with Crippen LogP contribution in [0.3, 0.4) is 0 Å². The Hall–Kier alpha value is -1.18. The molecule has 0 spiro atoms. The van der Waals surface area contributed by atoms with Gasteiger partial charge in [0.2, 0.25) is 0 Å². The van der Waals surface area contributed by atoms with E-state index in [1.807, 2.05) is 12.1 Å². The van der Waals surface area contributed by atoms with E-state index in [1.165, 1.54) is 24.1 Å². The Morgan fingerprint density at radius 1 is 1.38 bits per heavy atom. The second-order valence-electron chi connectivity index (χ2n) is 3.85. The molecule has 0 aromatic heterocycles. The highest BCUT2D eigenvalue weighted by Gasteiger charge is 2.27. The minimum absolute atomic E-state index is 0.725. The molecule has 0 atom stereocenters. The molecule has 1 aromatic carbocycles. The van der Waals surface area contributed by atoms with Crippen molar-refractivity contribution in [2.75, 3.05) is 17.7 Å². The fraction of sp³-hybridized carbons (Fsp3) is 0.455. The maximum atomic E-state index is 5.95. The lowest BCUT2D eigenvalue weighted by Gasteiger charge is -2.22. The summed E-state index contributed by atoms with van der Waals surface area (Å²) in [6.45, 7) is 2.12. The van der Waals surface area contributed by atoms with E-state index in [0.29, 0.717) is 0 Å². The van der Waals surface area contributed by atoms with Crippen LogP contribution in [0.1, 0.15) is 18.4 Å². The number of benzene rings is 1. The number of nitrogens with zero attached hydrogens (tertiary/aromatic N) is 1. The molecule has 1 aliphatic rings. The molecular weight excluding hydrogens is 160 g/mol. The summed E-state index contributed by atoms with van der Waals surface area (Å²) in [5.74, 6) is 0. The summed E-state index contributed by atoms with van der Waals surface area (Å²) in [6, 6.07) is 6.82. The van der Waals surface area contributed by atoms with Crippen molar-refractivity contribution in [3.05, 3.63) is 23.8 Å². The van der Waals surface area contributed by atoms with Gasteiger partial charge in [-0.1, -0.05) is 12.1 Å². The highest BCUT2D eigenvalue weighted by atomic mass is 15.2. The molecule has 0 unspecified atom stereocenters. The van der Waals surface area contributed by atoms with E-state index in [4.69, 9.17) is 5.73 Å². The van der Waals surface area contributed by atoms with Gasteiger partial charge in [-0.25, -0.2) is 0 Å². The predicted molar refractivity (Wildman–Crippen MR) is 57.0 cm³/mol. The Balaban J connectivity index is 2.36. The van der Waals surface area contributed by atoms with Crippen LogP contribution in [-0.4, -0.2) is 13.1 Å². The van der Waals surface area contributed by atoms with Gasteiger partial charge in [-0.15, -0.1) is 0 Å². The van der Waals surface area contributed by atoms with Crippen molar-refractivity contribution in [3.8, 4) is 0 Å². The summed E-state index contributed by atoms with van der Waals surface area (Å²) in [5.41, 5.74) is 9.33. The van der Waals surface area contributed by atoms with Crippen molar-refractivity contribution in [1.29, 1.82) is 0 Å². The second-order valence-corrected chi connectivity index (χ2v) is 3.85. The molecule has 0 bridgehead atoms. The second kappa shape index (κ2) is 2.95. The molecule has 1 saturated carbocycles. The van der Waals surface area contributed by atoms with Crippen LogP contribution in [0.2, 0.25) is 0 Å². The lowest BCUT2D eigenvalue weighted by atomic mass is 10.1. The number of hydrogen-bond acceptors (Lipinski definition) is 2. The molecule has 0 saturated heterocycles. The minimum Gasteiger partial charge on any atom is -0.397 e. The van der Waals surface area contributed by atoms with Gasteiger partial charge in [0.05, 0.1) is 11.4 Å². The van der Waals surface area contributed by atoms with E-state index >= 15 is 0 Å². The molecule has 2 rings (SSSR count). The average Bonchev–Trinajstić information content (AvgIpc) is 2.85. The molecule has 13 heavy (non-hydrogen) atoms. The van der Waals surface area contributed by atoms with Crippen molar-refractivity contribution in [2.45, 2.75) is 25.8 Å². The van der Waals surface area contributed by atoms with Gasteiger partial charge in [-0.05, 0) is 31.4 Å². The molecule has 0 radical (unpaired) electrons. The Kier molecular flexibility index (Phi) is 1.91. The molecule has 0 heterocycles. The third-order valence-electron chi connectivity index (χ3n) is 2.72. The number of anilines is 2. The van der Waals surface area contributed by atoms with Gasteiger partial charge in [-0.3, -0.25) is 0 Å². The van der Waals surface area contributed by atoms with Gasteiger partial charge in [0, 0.05) is 13.1 Å². The fourth-order valence-corrected chi connectivity index (χ4v) is 1.81. The topological polar surface area (TPSA) is 29.3 Å². The third-order valence-corrected chi connectivity index (χ3v) is 2.72. The fourth-order valence-electron chi connectivity index (χ4n) is 1.81. The van der Waals surface area contributed by atoms with Crippen LogP contribution in [0.25, 0.3) is 0 Å². The molecular formula is C11H16N2. The van der Waals surface area contributed by atoms with Gasteiger partial charge in [0.15, 0.2) is 0 Å². The molecule has 1 fully saturated rings. The summed E-state index contributed by atoms with van der Waals surface area (Å²) in [6.07, 6.45) is 2.62. The monoisotopic (exact) mass is 176 g/mol. The van der Waals surface area contributed by atoms with Crippen LogP contribution in [0.5, 0.6) is 0 Å². The predicted octanol–water partition coefficient (Wildman–Crippen LogP) is 2.18. The number of hydrogen-bond donors (Lipinski definition) is 1. The molecule has 1 aliphatic carbocycles. The van der Waals surface area contributed by atoms with Gasteiger partial charge in [-0.2, -0.15) is 0 Å². The normalized spacial score (nSPS) is 15.8. The highest BCUT2D eigenvalue weighted by Crippen LogP contribution is 2.35. The van der Waals surface area contributed by atoms with E-state index in [2.05, 4.69) is 24.9 Å². The molecule has 2 nitrogen and oxygen atoms in total. The first kappa shape index (κ1) is 8.42. The van der Waals surface area contributed by atoms with Crippen molar-refractivity contribution < 1.29 is 0 Å². The maximum Gasteiger partial charge on any atom is 0.0629 e. The van der Waals surface area contributed by atoms with Crippen molar-refractivity contribution in [1.82, 2.24) is 0 Å².